The molecule has 0 fully saturated rings. The van der Waals surface area contributed by atoms with Crippen molar-refractivity contribution in [1.82, 2.24) is 0 Å². The maximum Gasteiger partial charge on any atom is 0.156 e. The Kier molecular flexibility index (Phi) is 4.87. The van der Waals surface area contributed by atoms with Crippen molar-refractivity contribution in [1.29, 1.82) is 0 Å². The fraction of sp³-hybridized carbons (Fsp3) is 0.538. The summed E-state index contributed by atoms with van der Waals surface area (Å²) in [5.41, 5.74) is 2.76. The van der Waals surface area contributed by atoms with Gasteiger partial charge in [0.05, 0.1) is 0 Å². The molecule has 0 aliphatic carbocycles. The first-order valence-corrected chi connectivity index (χ1v) is 9.47. The van der Waals surface area contributed by atoms with Crippen molar-refractivity contribution in [3.05, 3.63) is 35.4 Å². The summed E-state index contributed by atoms with van der Waals surface area (Å²) in [6.45, 7) is 6.60. The predicted molar refractivity (Wildman–Crippen MR) is 72.3 cm³/mol. The molecule has 0 aromatic heterocycles. The van der Waals surface area contributed by atoms with Crippen LogP contribution in [0.5, 0.6) is 0 Å². The first kappa shape index (κ1) is 12.8. The first-order chi connectivity index (χ1) is 7.09. The zero-order valence-electron chi connectivity index (χ0n) is 10.0. The fourth-order valence-corrected chi connectivity index (χ4v) is 3.95. The van der Waals surface area contributed by atoms with Crippen LogP contribution in [0, 0.1) is 6.92 Å². The second kappa shape index (κ2) is 5.71. The highest BCUT2D eigenvalue weighted by Gasteiger charge is 2.25. The van der Waals surface area contributed by atoms with Gasteiger partial charge in [0, 0.05) is 0 Å². The molecule has 0 spiro atoms. The van der Waals surface area contributed by atoms with Gasteiger partial charge in [-0.25, -0.2) is 0 Å². The summed E-state index contributed by atoms with van der Waals surface area (Å²) >= 11 is 6.63. The Balaban J connectivity index is 2.53. The molecule has 1 rings (SSSR count). The molecule has 0 saturated carbocycles. The maximum absolute atomic E-state index is 6.63. The Hall–Kier alpha value is -0.273. The minimum absolute atomic E-state index is 1.15. The summed E-state index contributed by atoms with van der Waals surface area (Å²) < 4.78 is 0. The molecule has 0 N–H and O–H groups in total. The number of rotatable bonds is 5. The van der Waals surface area contributed by atoms with E-state index in [0.717, 1.165) is 6.42 Å². The lowest BCUT2D eigenvalue weighted by molar-refractivity contribution is 1.07. The van der Waals surface area contributed by atoms with E-state index >= 15 is 0 Å². The SMILES string of the molecule is CC[Si](Cl)(CC)CCc1ccc(C)cc1. The van der Waals surface area contributed by atoms with Crippen molar-refractivity contribution < 1.29 is 0 Å². The third kappa shape index (κ3) is 4.00. The van der Waals surface area contributed by atoms with Gasteiger partial charge < -0.3 is 0 Å². The average Bonchev–Trinajstić information content (AvgIpc) is 2.28. The molecular formula is C13H21ClSi. The van der Waals surface area contributed by atoms with Crippen LogP contribution in [0.3, 0.4) is 0 Å². The molecule has 0 atom stereocenters. The van der Waals surface area contributed by atoms with Crippen LogP contribution < -0.4 is 0 Å². The number of halogens is 1. The van der Waals surface area contributed by atoms with Crippen LogP contribution in [0.1, 0.15) is 25.0 Å². The van der Waals surface area contributed by atoms with Crippen LogP contribution in [0.15, 0.2) is 24.3 Å². The monoisotopic (exact) mass is 240 g/mol. The number of hydrogen-bond donors (Lipinski definition) is 0. The van der Waals surface area contributed by atoms with Crippen molar-refractivity contribution in [3.63, 3.8) is 0 Å². The Morgan fingerprint density at radius 1 is 1.07 bits per heavy atom. The molecule has 0 unspecified atom stereocenters. The number of aryl methyl sites for hydroxylation is 2. The quantitative estimate of drug-likeness (QED) is 0.514. The fourth-order valence-electron chi connectivity index (χ4n) is 1.73. The molecule has 0 heterocycles. The van der Waals surface area contributed by atoms with Gasteiger partial charge in [-0.3, -0.25) is 0 Å². The molecule has 1 aromatic rings. The Bertz CT molecular complexity index is 288. The summed E-state index contributed by atoms with van der Waals surface area (Å²) in [5, 5.41) is 0. The molecular weight excluding hydrogens is 220 g/mol. The molecule has 0 bridgehead atoms. The molecule has 0 amide bonds. The third-order valence-electron chi connectivity index (χ3n) is 3.25. The second-order valence-corrected chi connectivity index (χ2v) is 11.0. The molecule has 84 valence electrons. The van der Waals surface area contributed by atoms with Crippen molar-refractivity contribution in [2.75, 3.05) is 0 Å². The Labute approximate surface area is 99.4 Å². The van der Waals surface area contributed by atoms with E-state index in [1.54, 1.807) is 0 Å². The second-order valence-electron chi connectivity index (χ2n) is 4.34. The van der Waals surface area contributed by atoms with Gasteiger partial charge in [-0.15, -0.1) is 0 Å². The van der Waals surface area contributed by atoms with Gasteiger partial charge in [0.15, 0.2) is 7.38 Å². The van der Waals surface area contributed by atoms with E-state index in [0.29, 0.717) is 0 Å². The molecule has 1 aromatic carbocycles. The van der Waals surface area contributed by atoms with Gasteiger partial charge in [-0.1, -0.05) is 43.7 Å². The molecule has 0 nitrogen and oxygen atoms in total. The predicted octanol–water partition coefficient (Wildman–Crippen LogP) is 4.76. The topological polar surface area (TPSA) is 0 Å². The summed E-state index contributed by atoms with van der Waals surface area (Å²) in [6.07, 6.45) is 1.15. The van der Waals surface area contributed by atoms with E-state index in [1.165, 1.54) is 29.3 Å². The normalized spacial score (nSPS) is 11.7. The Morgan fingerprint density at radius 3 is 2.07 bits per heavy atom. The van der Waals surface area contributed by atoms with E-state index in [-0.39, 0.29) is 0 Å². The standard InChI is InChI=1S/C13H21ClSi/c1-4-15(14,5-2)11-10-13-8-6-12(3)7-9-13/h6-9H,4-5,10-11H2,1-3H3. The summed E-state index contributed by atoms with van der Waals surface area (Å²) in [4.78, 5) is 0. The van der Waals surface area contributed by atoms with E-state index in [9.17, 15) is 0 Å². The van der Waals surface area contributed by atoms with Gasteiger partial charge in [-0.2, -0.15) is 11.1 Å². The zero-order valence-corrected chi connectivity index (χ0v) is 11.8. The van der Waals surface area contributed by atoms with Crippen molar-refractivity contribution in [2.24, 2.45) is 0 Å². The largest absolute Gasteiger partial charge is 0.167 e. The number of hydrogen-bond acceptors (Lipinski definition) is 0. The third-order valence-corrected chi connectivity index (χ3v) is 9.10. The molecule has 0 radical (unpaired) electrons. The average molecular weight is 241 g/mol. The van der Waals surface area contributed by atoms with Gasteiger partial charge in [-0.05, 0) is 37.0 Å². The molecule has 0 saturated heterocycles. The smallest absolute Gasteiger partial charge is 0.156 e. The van der Waals surface area contributed by atoms with Crippen LogP contribution in [0.4, 0.5) is 0 Å². The molecule has 0 aliphatic rings. The zero-order chi connectivity index (χ0) is 11.3. The lowest BCUT2D eigenvalue weighted by Gasteiger charge is -2.20. The van der Waals surface area contributed by atoms with Crippen LogP contribution in [0.25, 0.3) is 0 Å². The lowest BCUT2D eigenvalue weighted by atomic mass is 10.1. The van der Waals surface area contributed by atoms with Crippen LogP contribution in [-0.2, 0) is 6.42 Å². The van der Waals surface area contributed by atoms with Gasteiger partial charge in [0.2, 0.25) is 0 Å². The summed E-state index contributed by atoms with van der Waals surface area (Å²) in [5.74, 6) is 0. The minimum Gasteiger partial charge on any atom is -0.167 e. The highest BCUT2D eigenvalue weighted by atomic mass is 35.6. The molecule has 15 heavy (non-hydrogen) atoms. The summed E-state index contributed by atoms with van der Waals surface area (Å²) in [7, 11) is -1.42. The van der Waals surface area contributed by atoms with E-state index in [1.807, 2.05) is 0 Å². The highest BCUT2D eigenvalue weighted by molar-refractivity contribution is 7.20. The summed E-state index contributed by atoms with van der Waals surface area (Å²) in [6, 6.07) is 12.4. The van der Waals surface area contributed by atoms with Gasteiger partial charge in [0.1, 0.15) is 0 Å². The van der Waals surface area contributed by atoms with Crippen LogP contribution in [-0.4, -0.2) is 7.38 Å². The Morgan fingerprint density at radius 2 is 1.60 bits per heavy atom. The van der Waals surface area contributed by atoms with Gasteiger partial charge >= 0.3 is 0 Å². The van der Waals surface area contributed by atoms with E-state index in [2.05, 4.69) is 45.0 Å². The minimum atomic E-state index is -1.42. The van der Waals surface area contributed by atoms with Crippen LogP contribution >= 0.6 is 11.1 Å². The number of benzene rings is 1. The molecule has 0 aliphatic heterocycles. The van der Waals surface area contributed by atoms with Crippen molar-refractivity contribution in [2.45, 2.75) is 45.3 Å². The van der Waals surface area contributed by atoms with Crippen molar-refractivity contribution >= 4 is 18.5 Å². The van der Waals surface area contributed by atoms with Crippen molar-refractivity contribution in [3.8, 4) is 0 Å². The lowest BCUT2D eigenvalue weighted by Crippen LogP contribution is -2.24. The van der Waals surface area contributed by atoms with E-state index < -0.39 is 7.38 Å². The first-order valence-electron chi connectivity index (χ1n) is 5.84. The maximum atomic E-state index is 6.63. The van der Waals surface area contributed by atoms with Gasteiger partial charge in [0.25, 0.3) is 0 Å². The molecule has 2 heteroatoms. The highest BCUT2D eigenvalue weighted by Crippen LogP contribution is 2.26. The van der Waals surface area contributed by atoms with E-state index in [4.69, 9.17) is 11.1 Å². The van der Waals surface area contributed by atoms with Crippen LogP contribution in [0.2, 0.25) is 18.1 Å².